The molecule has 0 saturated carbocycles. The Balaban J connectivity index is 1.87. The summed E-state index contributed by atoms with van der Waals surface area (Å²) in [7, 11) is 1.04. The molecule has 4 rings (SSSR count). The van der Waals surface area contributed by atoms with Gasteiger partial charge in [0.25, 0.3) is 0 Å². The van der Waals surface area contributed by atoms with Crippen molar-refractivity contribution in [2.45, 2.75) is 0 Å². The highest BCUT2D eigenvalue weighted by molar-refractivity contribution is 6.56. The second kappa shape index (κ2) is 8.91. The van der Waals surface area contributed by atoms with Gasteiger partial charge in [0, 0.05) is 31.0 Å². The summed E-state index contributed by atoms with van der Waals surface area (Å²) in [4.78, 5) is 16.2. The number of aliphatic imine (C=N–C) groups is 1. The van der Waals surface area contributed by atoms with E-state index in [1.165, 1.54) is 6.20 Å². The van der Waals surface area contributed by atoms with Gasteiger partial charge in [-0.25, -0.2) is 9.98 Å². The van der Waals surface area contributed by atoms with Gasteiger partial charge in [0.2, 0.25) is 0 Å². The van der Waals surface area contributed by atoms with Crippen molar-refractivity contribution >= 4 is 41.5 Å². The van der Waals surface area contributed by atoms with Crippen molar-refractivity contribution in [3.8, 4) is 0 Å². The summed E-state index contributed by atoms with van der Waals surface area (Å²) >= 11 is 0. The summed E-state index contributed by atoms with van der Waals surface area (Å²) in [5.41, 5.74) is 3.20. The molecule has 0 bridgehead atoms. The average Bonchev–Trinajstić information content (AvgIpc) is 2.79. The largest absolute Gasteiger partial charge is 0.679 e. The van der Waals surface area contributed by atoms with Crippen molar-refractivity contribution in [2.75, 3.05) is 23.8 Å². The molecule has 3 aromatic carbocycles. The maximum atomic E-state index is 14.3. The van der Waals surface area contributed by atoms with Crippen molar-refractivity contribution in [3.63, 3.8) is 0 Å². The normalized spacial score (nSPS) is 11.4. The summed E-state index contributed by atoms with van der Waals surface area (Å²) in [6, 6.07) is 23.1. The smallest absolute Gasteiger partial charge is 0.378 e. The zero-order valence-electron chi connectivity index (χ0n) is 17.2. The molecule has 1 aromatic heterocycles. The lowest BCUT2D eigenvalue weighted by Crippen LogP contribution is -2.39. The molecule has 0 spiro atoms. The summed E-state index contributed by atoms with van der Waals surface area (Å²) in [6.07, 6.45) is 1.49. The molecule has 154 valence electrons. The van der Waals surface area contributed by atoms with E-state index in [4.69, 9.17) is 0 Å². The van der Waals surface area contributed by atoms with Crippen LogP contribution >= 0.6 is 0 Å². The molecule has 0 saturated heterocycles. The van der Waals surface area contributed by atoms with E-state index in [0.717, 1.165) is 10.5 Å². The quantitative estimate of drug-likeness (QED) is 0.255. The van der Waals surface area contributed by atoms with Crippen molar-refractivity contribution < 1.29 is 8.63 Å². The molecule has 4 aromatic rings. The first-order valence-electron chi connectivity index (χ1n) is 9.73. The highest BCUT2D eigenvalue weighted by Gasteiger charge is 2.31. The van der Waals surface area contributed by atoms with Gasteiger partial charge in [-0.3, -0.25) is 13.6 Å². The zero-order chi connectivity index (χ0) is 21.8. The monoisotopic (exact) mass is 415 g/mol. The number of anilines is 2. The minimum atomic E-state index is -2.80. The predicted molar refractivity (Wildman–Crippen MR) is 123 cm³/mol. The van der Waals surface area contributed by atoms with Crippen molar-refractivity contribution in [3.05, 3.63) is 90.6 Å². The molecule has 0 unspecified atom stereocenters. The number of aromatic nitrogens is 2. The van der Waals surface area contributed by atoms with Crippen LogP contribution in [0.2, 0.25) is 0 Å². The molecule has 0 aliphatic carbocycles. The van der Waals surface area contributed by atoms with Crippen LogP contribution in [-0.4, -0.2) is 37.3 Å². The molecule has 0 atom stereocenters. The summed E-state index contributed by atoms with van der Waals surface area (Å²) < 4.78 is 28.6. The van der Waals surface area contributed by atoms with E-state index < -0.39 is 7.40 Å². The van der Waals surface area contributed by atoms with Crippen LogP contribution in [0.4, 0.5) is 25.8 Å². The van der Waals surface area contributed by atoms with E-state index in [2.05, 4.69) is 15.0 Å². The van der Waals surface area contributed by atoms with E-state index in [9.17, 15) is 8.63 Å². The summed E-state index contributed by atoms with van der Waals surface area (Å²) in [5.74, 6) is 0.350. The molecule has 0 radical (unpaired) electrons. The second-order valence-corrected chi connectivity index (χ2v) is 7.08. The van der Waals surface area contributed by atoms with Crippen LogP contribution in [0.15, 0.2) is 90.1 Å². The first-order chi connectivity index (χ1) is 15.0. The van der Waals surface area contributed by atoms with Gasteiger partial charge in [-0.05, 0) is 48.5 Å². The molecule has 0 aliphatic rings. The Morgan fingerprint density at radius 2 is 1.45 bits per heavy atom. The van der Waals surface area contributed by atoms with Gasteiger partial charge in [0.15, 0.2) is 5.82 Å². The highest BCUT2D eigenvalue weighted by atomic mass is 19.2. The van der Waals surface area contributed by atoms with Gasteiger partial charge < -0.3 is 9.71 Å². The number of fused-ring (bicyclic) bond motifs is 1. The highest BCUT2D eigenvalue weighted by Crippen LogP contribution is 2.24. The van der Waals surface area contributed by atoms with Gasteiger partial charge in [-0.2, -0.15) is 0 Å². The van der Waals surface area contributed by atoms with Gasteiger partial charge in [0.1, 0.15) is 5.84 Å². The van der Waals surface area contributed by atoms with E-state index in [1.54, 1.807) is 42.5 Å². The summed E-state index contributed by atoms with van der Waals surface area (Å²) in [5, 5.41) is 0. The number of para-hydroxylation sites is 3. The van der Waals surface area contributed by atoms with E-state index >= 15 is 0 Å². The minimum absolute atomic E-state index is 0.0936. The molecule has 5 nitrogen and oxygen atoms in total. The number of hydrogen-bond acceptors (Lipinski definition) is 4. The second-order valence-electron chi connectivity index (χ2n) is 7.08. The Hall–Kier alpha value is -3.81. The number of amidine groups is 1. The van der Waals surface area contributed by atoms with Gasteiger partial charge in [-0.15, -0.1) is 0 Å². The Bertz CT molecular complexity index is 1200. The van der Waals surface area contributed by atoms with Crippen LogP contribution in [0.1, 0.15) is 5.56 Å². The SMILES string of the molecule is CN(C)c1ccc(C(=Nc2cnc3ccccc3n2)N(B(F)F)c2ccccc2)cc1. The first-order valence-corrected chi connectivity index (χ1v) is 9.73. The molecule has 8 heteroatoms. The Morgan fingerprint density at radius 1 is 0.806 bits per heavy atom. The maximum absolute atomic E-state index is 14.3. The fraction of sp³-hybridized carbons (Fsp3) is 0.0870. The first kappa shape index (κ1) is 20.5. The van der Waals surface area contributed by atoms with Gasteiger partial charge in [0.05, 0.1) is 17.2 Å². The third-order valence-corrected chi connectivity index (χ3v) is 4.76. The number of hydrogen-bond donors (Lipinski definition) is 0. The molecule has 0 fully saturated rings. The summed E-state index contributed by atoms with van der Waals surface area (Å²) in [6.45, 7) is 0. The third-order valence-electron chi connectivity index (χ3n) is 4.76. The fourth-order valence-electron chi connectivity index (χ4n) is 3.19. The lowest BCUT2D eigenvalue weighted by atomic mass is 10.0. The zero-order valence-corrected chi connectivity index (χ0v) is 17.2. The van der Waals surface area contributed by atoms with Crippen LogP contribution < -0.4 is 9.71 Å². The average molecular weight is 415 g/mol. The molecule has 0 N–H and O–H groups in total. The predicted octanol–water partition coefficient (Wildman–Crippen LogP) is 5.20. The molecule has 0 amide bonds. The van der Waals surface area contributed by atoms with Gasteiger partial charge >= 0.3 is 7.40 Å². The van der Waals surface area contributed by atoms with E-state index in [1.807, 2.05) is 55.4 Å². The van der Waals surface area contributed by atoms with Crippen LogP contribution in [0.5, 0.6) is 0 Å². The van der Waals surface area contributed by atoms with E-state index in [0.29, 0.717) is 22.3 Å². The van der Waals surface area contributed by atoms with Gasteiger partial charge in [-0.1, -0.05) is 30.3 Å². The van der Waals surface area contributed by atoms with Crippen LogP contribution in [0.3, 0.4) is 0 Å². The standard InChI is InChI=1S/C23H20BF2N5/c1-30(2)18-14-12-17(13-15-18)23(31(24(25)26)19-8-4-3-5-9-19)29-22-16-27-20-10-6-7-11-21(20)28-22/h3-16H,1-2H3. The lowest BCUT2D eigenvalue weighted by molar-refractivity contribution is 0.659. The maximum Gasteiger partial charge on any atom is 0.679 e. The lowest BCUT2D eigenvalue weighted by Gasteiger charge is -2.24. The van der Waals surface area contributed by atoms with Crippen molar-refractivity contribution in [1.82, 2.24) is 9.97 Å². The third kappa shape index (κ3) is 4.53. The van der Waals surface area contributed by atoms with Crippen molar-refractivity contribution in [2.24, 2.45) is 4.99 Å². The van der Waals surface area contributed by atoms with Crippen LogP contribution in [0.25, 0.3) is 11.0 Å². The Kier molecular flexibility index (Phi) is 5.88. The number of benzene rings is 3. The molecule has 31 heavy (non-hydrogen) atoms. The number of rotatable bonds is 5. The molecular weight excluding hydrogens is 395 g/mol. The molecular formula is C23H20BF2N5. The molecule has 1 heterocycles. The number of halogens is 2. The van der Waals surface area contributed by atoms with Crippen LogP contribution in [-0.2, 0) is 0 Å². The van der Waals surface area contributed by atoms with Crippen molar-refractivity contribution in [1.29, 1.82) is 0 Å². The van der Waals surface area contributed by atoms with Crippen LogP contribution in [0, 0.1) is 0 Å². The fourth-order valence-corrected chi connectivity index (χ4v) is 3.19. The number of nitrogens with zero attached hydrogens (tertiary/aromatic N) is 5. The molecule has 0 aliphatic heterocycles. The minimum Gasteiger partial charge on any atom is -0.378 e. The topological polar surface area (TPSA) is 44.6 Å². The van der Waals surface area contributed by atoms with E-state index in [-0.39, 0.29) is 11.7 Å². The Morgan fingerprint density at radius 3 is 2.10 bits per heavy atom. The Labute approximate surface area is 179 Å².